The first-order chi connectivity index (χ1) is 13.6. The van der Waals surface area contributed by atoms with E-state index in [9.17, 15) is 0 Å². The van der Waals surface area contributed by atoms with Crippen molar-refractivity contribution in [2.24, 2.45) is 0 Å². The highest BCUT2D eigenvalue weighted by molar-refractivity contribution is 7.99. The Bertz CT molecular complexity index is 1120. The van der Waals surface area contributed by atoms with Gasteiger partial charge in [-0.3, -0.25) is 4.57 Å². The van der Waals surface area contributed by atoms with Crippen LogP contribution in [0.5, 0.6) is 0 Å². The number of H-pyrrole nitrogens is 1. The van der Waals surface area contributed by atoms with Gasteiger partial charge in [0.15, 0.2) is 16.8 Å². The Morgan fingerprint density at radius 3 is 2.75 bits per heavy atom. The van der Waals surface area contributed by atoms with Crippen molar-refractivity contribution < 1.29 is 4.52 Å². The topological polar surface area (TPSA) is 85.4 Å². The van der Waals surface area contributed by atoms with Gasteiger partial charge in [0, 0.05) is 34.6 Å². The van der Waals surface area contributed by atoms with Gasteiger partial charge in [-0.25, -0.2) is 0 Å². The third kappa shape index (κ3) is 3.01. The lowest BCUT2D eigenvalue weighted by molar-refractivity contribution is 0.373. The van der Waals surface area contributed by atoms with E-state index in [1.165, 1.54) is 5.39 Å². The molecule has 0 spiro atoms. The van der Waals surface area contributed by atoms with Crippen molar-refractivity contribution in [1.29, 1.82) is 0 Å². The Labute approximate surface area is 166 Å². The lowest BCUT2D eigenvalue weighted by Gasteiger charge is -2.10. The minimum absolute atomic E-state index is 0.0116. The molecule has 3 aromatic heterocycles. The number of nitrogens with one attached hydrogen (secondary N) is 1. The first-order valence-electron chi connectivity index (χ1n) is 9.63. The number of aromatic amines is 1. The third-order valence-electron chi connectivity index (χ3n) is 5.01. The van der Waals surface area contributed by atoms with Crippen LogP contribution in [0.1, 0.15) is 62.5 Å². The molecule has 28 heavy (non-hydrogen) atoms. The smallest absolute Gasteiger partial charge is 0.239 e. The maximum Gasteiger partial charge on any atom is 0.239 e. The number of hydrogen-bond donors (Lipinski definition) is 1. The molecule has 144 valence electrons. The van der Waals surface area contributed by atoms with E-state index >= 15 is 0 Å². The van der Waals surface area contributed by atoms with Gasteiger partial charge < -0.3 is 9.51 Å². The summed E-state index contributed by atoms with van der Waals surface area (Å²) in [5, 5.41) is 15.2. The predicted molar refractivity (Wildman–Crippen MR) is 108 cm³/mol. The first kappa shape index (κ1) is 17.5. The Morgan fingerprint density at radius 2 is 2.00 bits per heavy atom. The van der Waals surface area contributed by atoms with Crippen molar-refractivity contribution in [2.45, 2.75) is 56.0 Å². The summed E-state index contributed by atoms with van der Waals surface area (Å²) in [5.74, 6) is 2.54. The number of thioether (sulfide) groups is 1. The van der Waals surface area contributed by atoms with Crippen molar-refractivity contribution in [3.63, 3.8) is 0 Å². The summed E-state index contributed by atoms with van der Waals surface area (Å²) in [5.41, 5.74) is 2.20. The molecule has 1 fully saturated rings. The molecule has 4 aromatic rings. The predicted octanol–water partition coefficient (Wildman–Crippen LogP) is 5.12. The second kappa shape index (κ2) is 6.77. The van der Waals surface area contributed by atoms with Crippen LogP contribution < -0.4 is 0 Å². The van der Waals surface area contributed by atoms with Crippen LogP contribution in [0.3, 0.4) is 0 Å². The highest BCUT2D eigenvalue weighted by Gasteiger charge is 2.32. The molecule has 0 saturated heterocycles. The lowest BCUT2D eigenvalue weighted by atomic mass is 10.1. The van der Waals surface area contributed by atoms with E-state index in [1.807, 2.05) is 12.3 Å². The van der Waals surface area contributed by atoms with Crippen LogP contribution in [0.15, 0.2) is 40.1 Å². The van der Waals surface area contributed by atoms with E-state index in [2.05, 4.69) is 68.9 Å². The summed E-state index contributed by atoms with van der Waals surface area (Å²) < 4.78 is 7.74. The number of aromatic nitrogens is 6. The van der Waals surface area contributed by atoms with Gasteiger partial charge >= 0.3 is 0 Å². The fraction of sp³-hybridized carbons (Fsp3) is 0.400. The zero-order valence-electron chi connectivity index (χ0n) is 16.1. The number of benzene rings is 1. The molecular formula is C20H22N6OS. The van der Waals surface area contributed by atoms with E-state index in [1.54, 1.807) is 11.8 Å². The molecule has 5 rings (SSSR count). The van der Waals surface area contributed by atoms with Crippen LogP contribution in [0.25, 0.3) is 22.3 Å². The number of fused-ring (bicyclic) bond motifs is 1. The molecule has 0 aliphatic heterocycles. The Hall–Kier alpha value is -2.61. The van der Waals surface area contributed by atoms with Crippen LogP contribution in [0.4, 0.5) is 0 Å². The van der Waals surface area contributed by atoms with Gasteiger partial charge in [0.2, 0.25) is 5.89 Å². The van der Waals surface area contributed by atoms with E-state index in [0.717, 1.165) is 40.7 Å². The molecule has 1 aliphatic rings. The Morgan fingerprint density at radius 1 is 1.18 bits per heavy atom. The number of hydrogen-bond acceptors (Lipinski definition) is 6. The van der Waals surface area contributed by atoms with Crippen molar-refractivity contribution >= 4 is 22.7 Å². The van der Waals surface area contributed by atoms with E-state index in [4.69, 9.17) is 4.52 Å². The van der Waals surface area contributed by atoms with Crippen LogP contribution in [-0.4, -0.2) is 29.9 Å². The molecule has 1 aliphatic carbocycles. The van der Waals surface area contributed by atoms with Crippen LogP contribution >= 0.6 is 11.8 Å². The lowest BCUT2D eigenvalue weighted by Crippen LogP contribution is -2.01. The van der Waals surface area contributed by atoms with Crippen LogP contribution in [0, 0.1) is 0 Å². The largest absolute Gasteiger partial charge is 0.360 e. The van der Waals surface area contributed by atoms with Crippen molar-refractivity contribution in [3.8, 4) is 11.4 Å². The Balaban J connectivity index is 1.49. The highest BCUT2D eigenvalue weighted by Crippen LogP contribution is 2.44. The van der Waals surface area contributed by atoms with Gasteiger partial charge in [-0.05, 0) is 25.8 Å². The molecule has 0 amide bonds. The number of nitrogens with zero attached hydrogens (tertiary/aromatic N) is 5. The summed E-state index contributed by atoms with van der Waals surface area (Å²) in [7, 11) is 0. The molecule has 1 saturated carbocycles. The average molecular weight is 395 g/mol. The van der Waals surface area contributed by atoms with Crippen LogP contribution in [0.2, 0.25) is 0 Å². The molecule has 1 unspecified atom stereocenters. The monoisotopic (exact) mass is 394 g/mol. The minimum Gasteiger partial charge on any atom is -0.360 e. The molecule has 0 radical (unpaired) electrons. The molecular weight excluding hydrogens is 372 g/mol. The standard InChI is InChI=1S/C20H22N6OS/c1-11(2)17-22-19(27-25-17)12(3)28-20-24-23-18(26(20)13-8-9-13)15-10-21-16-7-5-4-6-14(15)16/h4-7,10-13,21H,8-9H2,1-3H3. The van der Waals surface area contributed by atoms with Crippen LogP contribution in [-0.2, 0) is 0 Å². The first-order valence-corrected chi connectivity index (χ1v) is 10.5. The SMILES string of the molecule is CC(C)c1noc(C(C)Sc2nnc(-c3c[nH]c4ccccc34)n2C2CC2)n1. The number of rotatable bonds is 6. The Kier molecular flexibility index (Phi) is 4.23. The fourth-order valence-corrected chi connectivity index (χ4v) is 4.26. The summed E-state index contributed by atoms with van der Waals surface area (Å²) in [6.45, 7) is 6.19. The summed E-state index contributed by atoms with van der Waals surface area (Å²) in [6, 6.07) is 8.75. The van der Waals surface area contributed by atoms with E-state index in [-0.39, 0.29) is 11.2 Å². The van der Waals surface area contributed by atoms with Gasteiger partial charge in [0.25, 0.3) is 0 Å². The zero-order chi connectivity index (χ0) is 19.3. The summed E-state index contributed by atoms with van der Waals surface area (Å²) >= 11 is 1.62. The highest BCUT2D eigenvalue weighted by atomic mass is 32.2. The normalized spacial score (nSPS) is 15.6. The molecule has 1 atom stereocenters. The van der Waals surface area contributed by atoms with Gasteiger partial charge in [-0.2, -0.15) is 4.98 Å². The van der Waals surface area contributed by atoms with Gasteiger partial charge in [-0.1, -0.05) is 49.0 Å². The minimum atomic E-state index is 0.0116. The molecule has 7 nitrogen and oxygen atoms in total. The number of para-hydroxylation sites is 1. The average Bonchev–Trinajstić information content (AvgIpc) is 3.11. The second-order valence-electron chi connectivity index (χ2n) is 7.56. The van der Waals surface area contributed by atoms with E-state index in [0.29, 0.717) is 11.9 Å². The molecule has 3 heterocycles. The molecule has 1 aromatic carbocycles. The molecule has 0 bridgehead atoms. The van der Waals surface area contributed by atoms with Gasteiger partial charge in [0.1, 0.15) is 0 Å². The van der Waals surface area contributed by atoms with Gasteiger partial charge in [0.05, 0.1) is 5.25 Å². The van der Waals surface area contributed by atoms with Crippen molar-refractivity contribution in [1.82, 2.24) is 29.9 Å². The van der Waals surface area contributed by atoms with Crippen molar-refractivity contribution in [2.75, 3.05) is 0 Å². The summed E-state index contributed by atoms with van der Waals surface area (Å²) in [4.78, 5) is 7.87. The van der Waals surface area contributed by atoms with Crippen molar-refractivity contribution in [3.05, 3.63) is 42.2 Å². The molecule has 8 heteroatoms. The zero-order valence-corrected chi connectivity index (χ0v) is 16.9. The third-order valence-corrected chi connectivity index (χ3v) is 6.05. The fourth-order valence-electron chi connectivity index (χ4n) is 3.31. The molecule has 1 N–H and O–H groups in total. The van der Waals surface area contributed by atoms with E-state index < -0.39 is 0 Å². The maximum atomic E-state index is 5.47. The second-order valence-corrected chi connectivity index (χ2v) is 8.87. The van der Waals surface area contributed by atoms with Gasteiger partial charge in [-0.15, -0.1) is 10.2 Å². The maximum absolute atomic E-state index is 5.47. The quantitative estimate of drug-likeness (QED) is 0.457. The summed E-state index contributed by atoms with van der Waals surface area (Å²) in [6.07, 6.45) is 4.35.